The molecule has 1 saturated heterocycles. The summed E-state index contributed by atoms with van der Waals surface area (Å²) in [5.41, 5.74) is 0.589. The van der Waals surface area contributed by atoms with Crippen LogP contribution in [-0.2, 0) is 0 Å². The van der Waals surface area contributed by atoms with E-state index in [-0.39, 0.29) is 5.91 Å². The fourth-order valence-electron chi connectivity index (χ4n) is 3.24. The van der Waals surface area contributed by atoms with Gasteiger partial charge in [-0.15, -0.1) is 0 Å². The Balaban J connectivity index is 1.69. The van der Waals surface area contributed by atoms with Gasteiger partial charge >= 0.3 is 0 Å². The van der Waals surface area contributed by atoms with Crippen molar-refractivity contribution < 1.29 is 14.3 Å². The van der Waals surface area contributed by atoms with Crippen LogP contribution >= 0.6 is 15.9 Å². The molecular weight excluding hydrogens is 448 g/mol. The minimum absolute atomic E-state index is 0.0148. The van der Waals surface area contributed by atoms with Gasteiger partial charge in [0, 0.05) is 44.1 Å². The predicted octanol–water partition coefficient (Wildman–Crippen LogP) is 4.03. The van der Waals surface area contributed by atoms with Crippen LogP contribution in [0.2, 0.25) is 0 Å². The molecule has 0 saturated carbocycles. The second-order valence-electron chi connectivity index (χ2n) is 7.58. The number of halogens is 1. The van der Waals surface area contributed by atoms with Crippen molar-refractivity contribution in [1.29, 1.82) is 0 Å². The van der Waals surface area contributed by atoms with Crippen molar-refractivity contribution in [2.75, 3.05) is 44.3 Å². The first kappa shape index (κ1) is 22.3. The number of ether oxygens (including phenoxy) is 2. The number of aromatic nitrogens is 2. The summed E-state index contributed by atoms with van der Waals surface area (Å²) in [4.78, 5) is 25.7. The van der Waals surface area contributed by atoms with E-state index in [0.717, 1.165) is 10.9 Å². The molecule has 0 atom stereocenters. The molecule has 2 heterocycles. The summed E-state index contributed by atoms with van der Waals surface area (Å²) >= 11 is 3.57. The largest absolute Gasteiger partial charge is 0.490 e. The number of rotatable bonds is 8. The monoisotopic (exact) mass is 476 g/mol. The van der Waals surface area contributed by atoms with Gasteiger partial charge in [0.15, 0.2) is 11.5 Å². The molecule has 0 spiro atoms. The zero-order chi connectivity index (χ0) is 21.5. The first-order valence-electron chi connectivity index (χ1n) is 10.4. The van der Waals surface area contributed by atoms with Crippen LogP contribution in [0.25, 0.3) is 0 Å². The van der Waals surface area contributed by atoms with Gasteiger partial charge < -0.3 is 19.3 Å². The molecule has 30 heavy (non-hydrogen) atoms. The van der Waals surface area contributed by atoms with Gasteiger partial charge in [0.05, 0.1) is 17.7 Å². The first-order valence-corrected chi connectivity index (χ1v) is 11.2. The van der Waals surface area contributed by atoms with Gasteiger partial charge in [-0.1, -0.05) is 13.8 Å². The van der Waals surface area contributed by atoms with Crippen LogP contribution in [0.15, 0.2) is 35.1 Å². The van der Waals surface area contributed by atoms with Crippen molar-refractivity contribution in [2.45, 2.75) is 27.2 Å². The van der Waals surface area contributed by atoms with Gasteiger partial charge in [0.2, 0.25) is 5.95 Å². The van der Waals surface area contributed by atoms with Gasteiger partial charge in [-0.25, -0.2) is 9.97 Å². The highest BCUT2D eigenvalue weighted by atomic mass is 79.9. The fraction of sp³-hybridized carbons (Fsp3) is 0.500. The highest BCUT2D eigenvalue weighted by Crippen LogP contribution is 2.37. The summed E-state index contributed by atoms with van der Waals surface area (Å²) in [5.74, 6) is 2.49. The summed E-state index contributed by atoms with van der Waals surface area (Å²) in [7, 11) is 0. The summed E-state index contributed by atoms with van der Waals surface area (Å²) < 4.78 is 12.5. The number of amides is 1. The van der Waals surface area contributed by atoms with E-state index in [2.05, 4.69) is 44.6 Å². The van der Waals surface area contributed by atoms with E-state index in [4.69, 9.17) is 9.47 Å². The molecule has 0 N–H and O–H groups in total. The quantitative estimate of drug-likeness (QED) is 0.572. The maximum Gasteiger partial charge on any atom is 0.254 e. The number of hydrogen-bond acceptors (Lipinski definition) is 6. The SMILES string of the molecule is CCOc1cc(C(=O)N2CCN(c3ncccn3)CC2)cc(Br)c1OCCC(C)C. The summed E-state index contributed by atoms with van der Waals surface area (Å²) in [5, 5.41) is 0. The average Bonchev–Trinajstić information content (AvgIpc) is 2.75. The van der Waals surface area contributed by atoms with Crippen LogP contribution in [0.3, 0.4) is 0 Å². The zero-order valence-electron chi connectivity index (χ0n) is 17.8. The van der Waals surface area contributed by atoms with E-state index in [1.165, 1.54) is 0 Å². The molecule has 0 aliphatic carbocycles. The van der Waals surface area contributed by atoms with E-state index in [1.807, 2.05) is 17.9 Å². The van der Waals surface area contributed by atoms with E-state index >= 15 is 0 Å². The standard InChI is InChI=1S/C22H29BrN4O3/c1-4-29-19-15-17(14-18(23)20(19)30-13-6-16(2)3)21(28)26-9-11-27(12-10-26)22-24-7-5-8-25-22/h5,7-8,14-16H,4,6,9-13H2,1-3H3. The number of carbonyl (C=O) groups is 1. The van der Waals surface area contributed by atoms with Crippen LogP contribution in [0.4, 0.5) is 5.95 Å². The molecule has 1 aliphatic heterocycles. The van der Waals surface area contributed by atoms with Crippen LogP contribution in [-0.4, -0.2) is 60.2 Å². The predicted molar refractivity (Wildman–Crippen MR) is 120 cm³/mol. The minimum atomic E-state index is -0.0148. The summed E-state index contributed by atoms with van der Waals surface area (Å²) in [6, 6.07) is 5.41. The number of hydrogen-bond donors (Lipinski definition) is 0. The average molecular weight is 477 g/mol. The second kappa shape index (κ2) is 10.6. The first-order chi connectivity index (χ1) is 14.5. The Morgan fingerprint density at radius 1 is 1.13 bits per heavy atom. The zero-order valence-corrected chi connectivity index (χ0v) is 19.4. The second-order valence-corrected chi connectivity index (χ2v) is 8.43. The van der Waals surface area contributed by atoms with E-state index in [9.17, 15) is 4.79 Å². The molecule has 8 heteroatoms. The van der Waals surface area contributed by atoms with Crippen LogP contribution in [0.5, 0.6) is 11.5 Å². The van der Waals surface area contributed by atoms with Crippen molar-refractivity contribution in [3.63, 3.8) is 0 Å². The van der Waals surface area contributed by atoms with Gasteiger partial charge in [-0.2, -0.15) is 0 Å². The number of benzene rings is 1. The molecule has 1 fully saturated rings. The molecule has 0 bridgehead atoms. The highest BCUT2D eigenvalue weighted by molar-refractivity contribution is 9.10. The molecule has 0 radical (unpaired) electrons. The highest BCUT2D eigenvalue weighted by Gasteiger charge is 2.25. The van der Waals surface area contributed by atoms with Gasteiger partial charge in [-0.3, -0.25) is 4.79 Å². The van der Waals surface area contributed by atoms with Crippen molar-refractivity contribution in [2.24, 2.45) is 5.92 Å². The third-order valence-corrected chi connectivity index (χ3v) is 5.49. The molecular formula is C22H29BrN4O3. The van der Waals surface area contributed by atoms with Crippen molar-refractivity contribution >= 4 is 27.8 Å². The van der Waals surface area contributed by atoms with Crippen molar-refractivity contribution in [3.05, 3.63) is 40.6 Å². The van der Waals surface area contributed by atoms with E-state index in [0.29, 0.717) is 68.3 Å². The molecule has 1 amide bonds. The summed E-state index contributed by atoms with van der Waals surface area (Å²) in [6.07, 6.45) is 4.42. The molecule has 2 aromatic rings. The Hall–Kier alpha value is -2.35. The minimum Gasteiger partial charge on any atom is -0.490 e. The smallest absolute Gasteiger partial charge is 0.254 e. The number of anilines is 1. The number of nitrogens with zero attached hydrogens (tertiary/aromatic N) is 4. The fourth-order valence-corrected chi connectivity index (χ4v) is 3.79. The third-order valence-electron chi connectivity index (χ3n) is 4.90. The molecule has 162 valence electrons. The Bertz CT molecular complexity index is 840. The van der Waals surface area contributed by atoms with Crippen LogP contribution in [0.1, 0.15) is 37.6 Å². The Morgan fingerprint density at radius 3 is 2.47 bits per heavy atom. The maximum absolute atomic E-state index is 13.1. The molecule has 0 unspecified atom stereocenters. The summed E-state index contributed by atoms with van der Waals surface area (Å²) in [6.45, 7) is 9.98. The molecule has 1 aromatic heterocycles. The van der Waals surface area contributed by atoms with E-state index < -0.39 is 0 Å². The van der Waals surface area contributed by atoms with Crippen molar-refractivity contribution in [1.82, 2.24) is 14.9 Å². The third kappa shape index (κ3) is 5.62. The molecule has 1 aromatic carbocycles. The lowest BCUT2D eigenvalue weighted by Crippen LogP contribution is -2.49. The molecule has 3 rings (SSSR count). The molecule has 7 nitrogen and oxygen atoms in total. The van der Waals surface area contributed by atoms with Gasteiger partial charge in [0.1, 0.15) is 0 Å². The lowest BCUT2D eigenvalue weighted by atomic mass is 10.1. The van der Waals surface area contributed by atoms with E-state index in [1.54, 1.807) is 24.5 Å². The topological polar surface area (TPSA) is 67.8 Å². The number of piperazine rings is 1. The van der Waals surface area contributed by atoms with Crippen LogP contribution < -0.4 is 14.4 Å². The van der Waals surface area contributed by atoms with Crippen LogP contribution in [0, 0.1) is 5.92 Å². The Kier molecular flexibility index (Phi) is 7.90. The number of carbonyl (C=O) groups excluding carboxylic acids is 1. The Labute approximate surface area is 186 Å². The normalized spacial score (nSPS) is 14.2. The van der Waals surface area contributed by atoms with Gasteiger partial charge in [-0.05, 0) is 53.4 Å². The maximum atomic E-state index is 13.1. The lowest BCUT2D eigenvalue weighted by molar-refractivity contribution is 0.0745. The van der Waals surface area contributed by atoms with Crippen molar-refractivity contribution in [3.8, 4) is 11.5 Å². The van der Waals surface area contributed by atoms with Gasteiger partial charge in [0.25, 0.3) is 5.91 Å². The Morgan fingerprint density at radius 2 is 1.83 bits per heavy atom. The molecule has 1 aliphatic rings. The lowest BCUT2D eigenvalue weighted by Gasteiger charge is -2.34.